The molecule has 3 heterocycles. The summed E-state index contributed by atoms with van der Waals surface area (Å²) in [4.78, 5) is 17.3. The molecule has 0 radical (unpaired) electrons. The first-order chi connectivity index (χ1) is 29.2. The highest BCUT2D eigenvalue weighted by molar-refractivity contribution is 7.20. The van der Waals surface area contributed by atoms with Gasteiger partial charge in [0.05, 0.1) is 0 Å². The third kappa shape index (κ3) is 5.46. The van der Waals surface area contributed by atoms with Crippen LogP contribution < -0.4 is 0 Å². The van der Waals surface area contributed by atoms with Crippen molar-refractivity contribution in [1.82, 2.24) is 15.0 Å². The number of hydrogen-bond donors (Lipinski definition) is 0. The molecule has 1 unspecified atom stereocenters. The fourth-order valence-electron chi connectivity index (χ4n) is 9.25. The van der Waals surface area contributed by atoms with Gasteiger partial charge in [-0.3, -0.25) is 0 Å². The van der Waals surface area contributed by atoms with Crippen molar-refractivity contribution in [2.75, 3.05) is 0 Å². The van der Waals surface area contributed by atoms with Crippen LogP contribution in [0, 0.1) is 0 Å². The normalized spacial score (nSPS) is 13.9. The number of nitrogens with zero attached hydrogens (tertiary/aromatic N) is 3. The summed E-state index contributed by atoms with van der Waals surface area (Å²) < 4.78 is 7.57. The van der Waals surface area contributed by atoms with Crippen molar-refractivity contribution in [3.8, 4) is 56.4 Å². The van der Waals surface area contributed by atoms with Gasteiger partial charge in [-0.05, 0) is 86.0 Å². The van der Waals surface area contributed by atoms with E-state index in [4.69, 9.17) is 19.4 Å². The summed E-state index contributed by atoms with van der Waals surface area (Å²) in [5, 5.41) is 8.14. The maximum Gasteiger partial charge on any atom is 0.164 e. The van der Waals surface area contributed by atoms with Crippen LogP contribution in [-0.2, 0) is 0 Å². The second-order valence-electron chi connectivity index (χ2n) is 15.5. The number of furan rings is 1. The first-order valence-electron chi connectivity index (χ1n) is 20.2. The van der Waals surface area contributed by atoms with Crippen LogP contribution >= 0.6 is 11.3 Å². The number of aromatic nitrogens is 3. The van der Waals surface area contributed by atoms with Crippen LogP contribution in [-0.4, -0.2) is 15.0 Å². The zero-order valence-corrected chi connectivity index (χ0v) is 33.0. The molecule has 4 nitrogen and oxygen atoms in total. The van der Waals surface area contributed by atoms with Gasteiger partial charge in [-0.1, -0.05) is 159 Å². The predicted octanol–water partition coefficient (Wildman–Crippen LogP) is 15.1. The first kappa shape index (κ1) is 33.9. The van der Waals surface area contributed by atoms with E-state index in [0.29, 0.717) is 23.4 Å². The molecule has 5 heteroatoms. The Labute approximate surface area is 344 Å². The lowest BCUT2D eigenvalue weighted by molar-refractivity contribution is 0.669. The highest BCUT2D eigenvalue weighted by atomic mass is 32.1. The summed E-state index contributed by atoms with van der Waals surface area (Å²) in [5.74, 6) is 2.37. The zero-order chi connectivity index (χ0) is 39.0. The second-order valence-corrected chi connectivity index (χ2v) is 16.6. The Balaban J connectivity index is 1.07. The molecule has 0 bridgehead atoms. The van der Waals surface area contributed by atoms with Gasteiger partial charge in [-0.25, -0.2) is 15.0 Å². The molecular weight excluding hydrogens is 739 g/mol. The second kappa shape index (κ2) is 13.4. The minimum Gasteiger partial charge on any atom is -0.456 e. The predicted molar refractivity (Wildman–Crippen MR) is 247 cm³/mol. The maximum absolute atomic E-state index is 6.32. The average Bonchev–Trinajstić information content (AvgIpc) is 3.88. The molecule has 12 rings (SSSR count). The third-order valence-corrected chi connectivity index (χ3v) is 13.1. The number of thiophene rings is 1. The number of hydrogen-bond acceptors (Lipinski definition) is 5. The molecule has 0 aliphatic heterocycles. The average molecular weight is 774 g/mol. The molecule has 59 heavy (non-hydrogen) atoms. The van der Waals surface area contributed by atoms with Crippen LogP contribution in [0.5, 0.6) is 0 Å². The quantitative estimate of drug-likeness (QED) is 0.175. The van der Waals surface area contributed by atoms with Gasteiger partial charge in [-0.15, -0.1) is 11.3 Å². The minimum absolute atomic E-state index is 0.403. The summed E-state index contributed by atoms with van der Waals surface area (Å²) in [6, 6.07) is 57.9. The standard InChI is InChI=1S/C54H35N3OS/c1-32-12-6-26-47-49(32)51-44(23-11-27-48(51)59-47)54-56-52(35-30-28-34(29-31-35)37-17-7-14-33-13-2-3-15-36(33)37)55-53(57-54)42-22-9-18-38-39(19-8-20-40(38)42)41-21-10-25-46-50(41)43-16-4-5-24-45(43)58-46/h2-11,13-32H,12H2,1H3. The smallest absolute Gasteiger partial charge is 0.164 e. The molecular formula is C54H35N3OS. The summed E-state index contributed by atoms with van der Waals surface area (Å²) in [6.07, 6.45) is 5.60. The lowest BCUT2D eigenvalue weighted by Gasteiger charge is -2.16. The Kier molecular flexibility index (Phi) is 7.72. The maximum atomic E-state index is 6.32. The summed E-state index contributed by atoms with van der Waals surface area (Å²) >= 11 is 1.85. The Hall–Kier alpha value is -7.21. The molecule has 0 N–H and O–H groups in total. The van der Waals surface area contributed by atoms with E-state index in [1.807, 2.05) is 23.5 Å². The molecule has 3 aromatic heterocycles. The van der Waals surface area contributed by atoms with Crippen molar-refractivity contribution in [2.24, 2.45) is 0 Å². The van der Waals surface area contributed by atoms with Crippen LogP contribution in [0.15, 0.2) is 174 Å². The Morgan fingerprint density at radius 3 is 1.95 bits per heavy atom. The Bertz CT molecular complexity index is 3500. The van der Waals surface area contributed by atoms with E-state index in [0.717, 1.165) is 72.5 Å². The van der Waals surface area contributed by atoms with E-state index >= 15 is 0 Å². The molecule has 0 amide bonds. The van der Waals surface area contributed by atoms with Crippen molar-refractivity contribution in [3.05, 3.63) is 180 Å². The molecule has 0 saturated heterocycles. The highest BCUT2D eigenvalue weighted by Crippen LogP contribution is 2.46. The number of allylic oxidation sites excluding steroid dienone is 1. The fourth-order valence-corrected chi connectivity index (χ4v) is 10.5. The molecule has 0 spiro atoms. The van der Waals surface area contributed by atoms with Gasteiger partial charge in [0, 0.05) is 42.4 Å². The lowest BCUT2D eigenvalue weighted by atomic mass is 9.89. The summed E-state index contributed by atoms with van der Waals surface area (Å²) in [7, 11) is 0. The van der Waals surface area contributed by atoms with E-state index in [9.17, 15) is 0 Å². The fraction of sp³-hybridized carbons (Fsp3) is 0.0556. The molecule has 1 atom stereocenters. The zero-order valence-electron chi connectivity index (χ0n) is 32.2. The van der Waals surface area contributed by atoms with Crippen molar-refractivity contribution in [3.63, 3.8) is 0 Å². The lowest BCUT2D eigenvalue weighted by Crippen LogP contribution is -2.02. The first-order valence-corrected chi connectivity index (χ1v) is 21.0. The van der Waals surface area contributed by atoms with Crippen LogP contribution in [0.2, 0.25) is 0 Å². The molecule has 0 fully saturated rings. The SMILES string of the molecule is CC1CC=Cc2sc3cccc(-c4nc(-c5ccc(-c6cccc7ccccc67)cc5)nc(-c5cccc6c(-c7cccc8oc9ccccc9c78)cccc56)n4)c3c21. The molecule has 278 valence electrons. The van der Waals surface area contributed by atoms with E-state index in [-0.39, 0.29) is 0 Å². The van der Waals surface area contributed by atoms with Gasteiger partial charge >= 0.3 is 0 Å². The number of fused-ring (bicyclic) bond motifs is 8. The van der Waals surface area contributed by atoms with E-state index in [1.54, 1.807) is 0 Å². The van der Waals surface area contributed by atoms with Gasteiger partial charge in [0.2, 0.25) is 0 Å². The van der Waals surface area contributed by atoms with Crippen LogP contribution in [0.4, 0.5) is 0 Å². The third-order valence-electron chi connectivity index (χ3n) is 12.0. The number of para-hydroxylation sites is 1. The summed E-state index contributed by atoms with van der Waals surface area (Å²) in [5.41, 5.74) is 10.7. The molecule has 0 saturated carbocycles. The number of benzene rings is 8. The van der Waals surface area contributed by atoms with Crippen LogP contribution in [0.3, 0.4) is 0 Å². The largest absolute Gasteiger partial charge is 0.456 e. The van der Waals surface area contributed by atoms with Crippen molar-refractivity contribution >= 4 is 71.0 Å². The minimum atomic E-state index is 0.403. The molecule has 8 aromatic carbocycles. The summed E-state index contributed by atoms with van der Waals surface area (Å²) in [6.45, 7) is 2.33. The van der Waals surface area contributed by atoms with Crippen molar-refractivity contribution in [1.29, 1.82) is 0 Å². The Morgan fingerprint density at radius 1 is 0.475 bits per heavy atom. The van der Waals surface area contributed by atoms with Gasteiger partial charge in [-0.2, -0.15) is 0 Å². The van der Waals surface area contributed by atoms with Gasteiger partial charge < -0.3 is 4.42 Å². The van der Waals surface area contributed by atoms with E-state index in [1.165, 1.54) is 36.9 Å². The van der Waals surface area contributed by atoms with Crippen LogP contribution in [0.25, 0.3) is 116 Å². The topological polar surface area (TPSA) is 51.8 Å². The van der Waals surface area contributed by atoms with Crippen molar-refractivity contribution in [2.45, 2.75) is 19.3 Å². The van der Waals surface area contributed by atoms with Gasteiger partial charge in [0.1, 0.15) is 11.2 Å². The molecule has 1 aliphatic carbocycles. The van der Waals surface area contributed by atoms with Crippen LogP contribution in [0.1, 0.15) is 29.7 Å². The molecule has 1 aliphatic rings. The van der Waals surface area contributed by atoms with Gasteiger partial charge in [0.15, 0.2) is 17.5 Å². The number of rotatable bonds is 5. The highest BCUT2D eigenvalue weighted by Gasteiger charge is 2.24. The Morgan fingerprint density at radius 2 is 1.07 bits per heavy atom. The monoisotopic (exact) mass is 773 g/mol. The van der Waals surface area contributed by atoms with Gasteiger partial charge in [0.25, 0.3) is 0 Å². The van der Waals surface area contributed by atoms with E-state index in [2.05, 4.69) is 171 Å². The van der Waals surface area contributed by atoms with Crippen molar-refractivity contribution < 1.29 is 4.42 Å². The molecule has 11 aromatic rings. The van der Waals surface area contributed by atoms with E-state index < -0.39 is 0 Å².